The summed E-state index contributed by atoms with van der Waals surface area (Å²) in [6, 6.07) is 0. The first-order valence-electron chi connectivity index (χ1n) is 11.4. The van der Waals surface area contributed by atoms with E-state index in [0.29, 0.717) is 30.0 Å². The van der Waals surface area contributed by atoms with Gasteiger partial charge in [-0.2, -0.15) is 0 Å². The molecule has 4 aliphatic carbocycles. The lowest BCUT2D eigenvalue weighted by Crippen LogP contribution is -2.55. The second kappa shape index (κ2) is 6.63. The van der Waals surface area contributed by atoms with Crippen LogP contribution in [0.3, 0.4) is 0 Å². The Kier molecular flexibility index (Phi) is 4.86. The van der Waals surface area contributed by atoms with Gasteiger partial charge in [-0.15, -0.1) is 0 Å². The number of hydrogen-bond acceptors (Lipinski definition) is 3. The Bertz CT molecular complexity index is 720. The first-order valence-corrected chi connectivity index (χ1v) is 14.8. The van der Waals surface area contributed by atoms with E-state index < -0.39 is 8.32 Å². The number of Topliss-reactive ketones (excluding diaryl/α,β-unsaturated/α-hetero) is 1. The number of carbonyl (C=O) groups is 2. The highest BCUT2D eigenvalue weighted by Crippen LogP contribution is 2.67. The number of hydrogen-bond donors (Lipinski definition) is 0. The highest BCUT2D eigenvalue weighted by Gasteiger charge is 2.61. The van der Waals surface area contributed by atoms with Crippen molar-refractivity contribution in [3.8, 4) is 0 Å². The van der Waals surface area contributed by atoms with Crippen molar-refractivity contribution in [1.82, 2.24) is 0 Å². The molecule has 28 heavy (non-hydrogen) atoms. The average Bonchev–Trinajstić information content (AvgIpc) is 2.92. The van der Waals surface area contributed by atoms with Crippen molar-refractivity contribution in [1.29, 1.82) is 0 Å². The third kappa shape index (κ3) is 3.10. The fourth-order valence-electron chi connectivity index (χ4n) is 7.79. The summed E-state index contributed by atoms with van der Waals surface area (Å²) in [5.74, 6) is 2.81. The summed E-state index contributed by atoms with van der Waals surface area (Å²) >= 11 is 0. The van der Waals surface area contributed by atoms with E-state index in [1.54, 1.807) is 6.92 Å². The normalized spacial score (nSPS) is 45.7. The molecule has 0 N–H and O–H groups in total. The van der Waals surface area contributed by atoms with Crippen molar-refractivity contribution < 1.29 is 14.0 Å². The molecule has 0 radical (unpaired) electrons. The van der Waals surface area contributed by atoms with Gasteiger partial charge < -0.3 is 4.43 Å². The number of fused-ring (bicyclic) bond motifs is 5. The van der Waals surface area contributed by atoms with Gasteiger partial charge in [0.25, 0.3) is 0 Å². The lowest BCUT2D eigenvalue weighted by Gasteiger charge is -2.60. The van der Waals surface area contributed by atoms with Crippen LogP contribution >= 0.6 is 0 Å². The summed E-state index contributed by atoms with van der Waals surface area (Å²) in [6.07, 6.45) is 9.39. The Hall–Kier alpha value is -0.743. The first kappa shape index (κ1) is 20.5. The van der Waals surface area contributed by atoms with Crippen LogP contribution in [0, 0.1) is 34.5 Å². The van der Waals surface area contributed by atoms with Crippen LogP contribution in [0.5, 0.6) is 0 Å². The van der Waals surface area contributed by atoms with E-state index in [0.717, 1.165) is 19.3 Å². The van der Waals surface area contributed by atoms with E-state index in [2.05, 4.69) is 33.5 Å². The topological polar surface area (TPSA) is 43.4 Å². The molecule has 3 nitrogen and oxygen atoms in total. The van der Waals surface area contributed by atoms with Crippen LogP contribution in [-0.2, 0) is 14.0 Å². The molecule has 0 aliphatic heterocycles. The smallest absolute Gasteiger partial charge is 0.184 e. The van der Waals surface area contributed by atoms with Gasteiger partial charge in [0.05, 0.1) is 6.10 Å². The molecule has 0 spiro atoms. The highest BCUT2D eigenvalue weighted by atomic mass is 28.4. The molecule has 0 heterocycles. The van der Waals surface area contributed by atoms with Crippen LogP contribution in [0.25, 0.3) is 0 Å². The molecule has 156 valence electrons. The van der Waals surface area contributed by atoms with Gasteiger partial charge >= 0.3 is 0 Å². The van der Waals surface area contributed by atoms with Crippen molar-refractivity contribution in [2.75, 3.05) is 0 Å². The first-order chi connectivity index (χ1) is 13.0. The summed E-state index contributed by atoms with van der Waals surface area (Å²) in [7, 11) is -1.72. The minimum atomic E-state index is -1.72. The number of ketones is 2. The summed E-state index contributed by atoms with van der Waals surface area (Å²) in [5, 5.41) is 0. The predicted molar refractivity (Wildman–Crippen MR) is 114 cm³/mol. The largest absolute Gasteiger partial charge is 0.411 e. The van der Waals surface area contributed by atoms with E-state index in [4.69, 9.17) is 4.43 Å². The van der Waals surface area contributed by atoms with E-state index >= 15 is 0 Å². The zero-order valence-electron chi connectivity index (χ0n) is 18.6. The molecule has 3 fully saturated rings. The maximum absolute atomic E-state index is 12.4. The lowest BCUT2D eigenvalue weighted by atomic mass is 9.46. The third-order valence-corrected chi connectivity index (χ3v) is 9.93. The molecule has 4 rings (SSSR count). The van der Waals surface area contributed by atoms with Gasteiger partial charge in [-0.05, 0) is 105 Å². The summed E-state index contributed by atoms with van der Waals surface area (Å²) < 4.78 is 6.72. The van der Waals surface area contributed by atoms with E-state index in [9.17, 15) is 9.59 Å². The third-order valence-electron chi connectivity index (χ3n) is 8.94. The fraction of sp³-hybridized carbons (Fsp3) is 0.833. The second-order valence-electron chi connectivity index (χ2n) is 11.6. The Balaban J connectivity index is 1.73. The van der Waals surface area contributed by atoms with Crippen LogP contribution in [-0.4, -0.2) is 26.0 Å². The van der Waals surface area contributed by atoms with Crippen LogP contribution in [0.1, 0.15) is 65.7 Å². The predicted octanol–water partition coefficient (Wildman–Crippen LogP) is 5.55. The van der Waals surface area contributed by atoms with Crippen molar-refractivity contribution in [2.24, 2.45) is 34.5 Å². The second-order valence-corrected chi connectivity index (χ2v) is 16.1. The quantitative estimate of drug-likeness (QED) is 0.581. The lowest BCUT2D eigenvalue weighted by molar-refractivity contribution is -0.130. The van der Waals surface area contributed by atoms with Gasteiger partial charge in [0.15, 0.2) is 14.1 Å². The van der Waals surface area contributed by atoms with E-state index in [1.807, 2.05) is 6.08 Å². The van der Waals surface area contributed by atoms with Gasteiger partial charge in [0.1, 0.15) is 5.78 Å². The fourth-order valence-corrected chi connectivity index (χ4v) is 8.86. The van der Waals surface area contributed by atoms with Gasteiger partial charge in [-0.3, -0.25) is 9.59 Å². The molecule has 4 aliphatic rings. The highest BCUT2D eigenvalue weighted by molar-refractivity contribution is 6.69. The average molecular weight is 403 g/mol. The van der Waals surface area contributed by atoms with Crippen LogP contribution in [0.2, 0.25) is 19.6 Å². The maximum atomic E-state index is 12.4. The van der Waals surface area contributed by atoms with Gasteiger partial charge in [0.2, 0.25) is 0 Å². The van der Waals surface area contributed by atoms with E-state index in [-0.39, 0.29) is 28.6 Å². The molecule has 0 saturated heterocycles. The Morgan fingerprint density at radius 2 is 1.82 bits per heavy atom. The van der Waals surface area contributed by atoms with Crippen molar-refractivity contribution in [2.45, 2.75) is 91.5 Å². The van der Waals surface area contributed by atoms with Gasteiger partial charge in [0, 0.05) is 12.3 Å². The van der Waals surface area contributed by atoms with Gasteiger partial charge in [-0.1, -0.05) is 13.8 Å². The molecule has 0 aromatic carbocycles. The van der Waals surface area contributed by atoms with Crippen LogP contribution < -0.4 is 0 Å². The summed E-state index contributed by atoms with van der Waals surface area (Å²) in [5.41, 5.74) is 1.56. The zero-order chi connectivity index (χ0) is 20.5. The Morgan fingerprint density at radius 3 is 2.46 bits per heavy atom. The molecule has 0 unspecified atom stereocenters. The minimum absolute atomic E-state index is 0.0940. The molecule has 0 amide bonds. The molecular formula is C24H38O3Si. The molecule has 0 aromatic heterocycles. The maximum Gasteiger partial charge on any atom is 0.184 e. The van der Waals surface area contributed by atoms with Crippen LogP contribution in [0.4, 0.5) is 0 Å². The molecule has 3 saturated carbocycles. The summed E-state index contributed by atoms with van der Waals surface area (Å²) in [6.45, 7) is 13.4. The Morgan fingerprint density at radius 1 is 1.11 bits per heavy atom. The molecule has 7 atom stereocenters. The number of carbonyl (C=O) groups excluding carboxylic acids is 2. The number of rotatable bonds is 3. The molecular weight excluding hydrogens is 364 g/mol. The van der Waals surface area contributed by atoms with Crippen molar-refractivity contribution in [3.05, 3.63) is 11.6 Å². The van der Waals surface area contributed by atoms with Crippen molar-refractivity contribution >= 4 is 19.9 Å². The van der Waals surface area contributed by atoms with Crippen molar-refractivity contribution in [3.63, 3.8) is 0 Å². The molecule has 4 heteroatoms. The SMILES string of the molecule is CC(=O)[C@H]1CC[C@H]2[C@@H]3C[C@@H](O[Si](C)(C)C)C4=CC(=O)CC[C@]4(C)[C@H]3CC[C@]12C. The minimum Gasteiger partial charge on any atom is -0.411 e. The zero-order valence-corrected chi connectivity index (χ0v) is 19.6. The van der Waals surface area contributed by atoms with Gasteiger partial charge in [-0.25, -0.2) is 0 Å². The standard InChI is InChI=1S/C24H38O3Si/c1-15(25)18-7-8-19-17-14-22(27-28(4,5)6)21-13-16(26)9-11-24(21,3)20(17)10-12-23(18,19)2/h13,17-20,22H,7-12,14H2,1-6H3/t17-,18+,19-,20-,22+,23+,24+/m0/s1. The monoisotopic (exact) mass is 402 g/mol. The van der Waals surface area contributed by atoms with E-state index in [1.165, 1.54) is 24.8 Å². The van der Waals surface area contributed by atoms with Crippen LogP contribution in [0.15, 0.2) is 11.6 Å². The molecule has 0 bridgehead atoms. The molecule has 0 aromatic rings. The Labute approximate surface area is 171 Å². The summed E-state index contributed by atoms with van der Waals surface area (Å²) in [4.78, 5) is 24.7.